The molecule has 3 rings (SSSR count). The van der Waals surface area contributed by atoms with E-state index in [2.05, 4.69) is 9.97 Å². The molecule has 24 heavy (non-hydrogen) atoms. The predicted molar refractivity (Wildman–Crippen MR) is 94.3 cm³/mol. The minimum atomic E-state index is -0.436. The van der Waals surface area contributed by atoms with Crippen LogP contribution in [0, 0.1) is 0 Å². The highest BCUT2D eigenvalue weighted by Gasteiger charge is 2.51. The summed E-state index contributed by atoms with van der Waals surface area (Å²) in [5.74, 6) is 0.134. The van der Waals surface area contributed by atoms with Crippen molar-refractivity contribution in [2.45, 2.75) is 62.6 Å². The van der Waals surface area contributed by atoms with Crippen LogP contribution in [0.4, 0.5) is 0 Å². The summed E-state index contributed by atoms with van der Waals surface area (Å²) in [4.78, 5) is 22.2. The maximum absolute atomic E-state index is 11.4. The summed E-state index contributed by atoms with van der Waals surface area (Å²) >= 11 is 1.63. The van der Waals surface area contributed by atoms with Crippen molar-refractivity contribution in [3.63, 3.8) is 0 Å². The molecule has 130 valence electrons. The van der Waals surface area contributed by atoms with Crippen LogP contribution in [-0.4, -0.2) is 57.4 Å². The number of nitrogens with zero attached hydrogens (tertiary/aromatic N) is 3. The number of hydrogen-bond acceptors (Lipinski definition) is 6. The van der Waals surface area contributed by atoms with E-state index in [0.717, 1.165) is 30.1 Å². The van der Waals surface area contributed by atoms with Gasteiger partial charge in [-0.3, -0.25) is 4.79 Å². The van der Waals surface area contributed by atoms with E-state index in [4.69, 9.17) is 9.31 Å². The van der Waals surface area contributed by atoms with Gasteiger partial charge in [0.25, 0.3) is 0 Å². The van der Waals surface area contributed by atoms with Gasteiger partial charge in [-0.1, -0.05) is 11.8 Å². The lowest BCUT2D eigenvalue weighted by Gasteiger charge is -2.32. The number of rotatable bonds is 3. The highest BCUT2D eigenvalue weighted by atomic mass is 32.2. The minimum absolute atomic E-state index is 0.134. The topological polar surface area (TPSA) is 64.6 Å². The molecule has 2 saturated heterocycles. The maximum Gasteiger partial charge on any atom is 0.498 e. The fourth-order valence-electron chi connectivity index (χ4n) is 2.75. The number of thioether (sulfide) groups is 1. The van der Waals surface area contributed by atoms with Crippen molar-refractivity contribution in [3.8, 4) is 0 Å². The average molecular weight is 349 g/mol. The number of carbonyl (C=O) groups excluding carboxylic acids is 1. The summed E-state index contributed by atoms with van der Waals surface area (Å²) in [5, 5.41) is 1.09. The van der Waals surface area contributed by atoms with E-state index >= 15 is 0 Å². The van der Waals surface area contributed by atoms with E-state index < -0.39 is 7.12 Å². The first-order chi connectivity index (χ1) is 11.2. The second-order valence-corrected chi connectivity index (χ2v) is 8.65. The molecule has 0 aliphatic carbocycles. The van der Waals surface area contributed by atoms with E-state index in [-0.39, 0.29) is 17.1 Å². The second-order valence-electron chi connectivity index (χ2n) is 7.38. The summed E-state index contributed by atoms with van der Waals surface area (Å²) in [5.41, 5.74) is 0.0886. The maximum atomic E-state index is 11.4. The van der Waals surface area contributed by atoms with E-state index in [1.165, 1.54) is 0 Å². The van der Waals surface area contributed by atoms with Crippen molar-refractivity contribution in [1.82, 2.24) is 14.9 Å². The summed E-state index contributed by atoms with van der Waals surface area (Å²) < 4.78 is 12.0. The first kappa shape index (κ1) is 17.7. The molecular weight excluding hydrogens is 325 g/mol. The van der Waals surface area contributed by atoms with Crippen LogP contribution in [0.5, 0.6) is 0 Å². The van der Waals surface area contributed by atoms with Crippen LogP contribution in [0.25, 0.3) is 0 Å². The van der Waals surface area contributed by atoms with Gasteiger partial charge in [-0.25, -0.2) is 9.97 Å². The third kappa shape index (κ3) is 3.46. The summed E-state index contributed by atoms with van der Waals surface area (Å²) in [7, 11) is -0.436. The monoisotopic (exact) mass is 349 g/mol. The quantitative estimate of drug-likeness (QED) is 0.609. The molecule has 6 nitrogen and oxygen atoms in total. The van der Waals surface area contributed by atoms with Crippen molar-refractivity contribution in [2.75, 3.05) is 13.1 Å². The van der Waals surface area contributed by atoms with Crippen molar-refractivity contribution >= 4 is 30.3 Å². The zero-order valence-corrected chi connectivity index (χ0v) is 15.7. The standard InChI is InChI=1S/C16H24BN3O3S/c1-11(21)20-7-6-13(10-20)24-14-18-8-12(9-19-14)17-22-15(2,3)16(4,5)23-17/h8-9,13H,6-7,10H2,1-5H3/t13-/m0/s1. The first-order valence-electron chi connectivity index (χ1n) is 8.28. The van der Waals surface area contributed by atoms with Gasteiger partial charge in [0, 0.05) is 43.1 Å². The Bertz CT molecular complexity index is 607. The van der Waals surface area contributed by atoms with Crippen LogP contribution in [0.1, 0.15) is 41.0 Å². The Balaban J connectivity index is 1.62. The van der Waals surface area contributed by atoms with Crippen molar-refractivity contribution < 1.29 is 14.1 Å². The largest absolute Gasteiger partial charge is 0.498 e. The molecule has 0 unspecified atom stereocenters. The Morgan fingerprint density at radius 2 is 1.83 bits per heavy atom. The molecule has 1 amide bonds. The Kier molecular flexibility index (Phi) is 4.66. The second kappa shape index (κ2) is 6.31. The van der Waals surface area contributed by atoms with Gasteiger partial charge in [0.2, 0.25) is 5.91 Å². The fraction of sp³-hybridized carbons (Fsp3) is 0.688. The predicted octanol–water partition coefficient (Wildman–Crippen LogP) is 1.49. The van der Waals surface area contributed by atoms with Gasteiger partial charge in [-0.05, 0) is 34.1 Å². The zero-order chi connectivity index (χ0) is 17.5. The molecule has 1 aromatic rings. The van der Waals surface area contributed by atoms with Crippen LogP contribution >= 0.6 is 11.8 Å². The molecule has 0 aromatic carbocycles. The van der Waals surface area contributed by atoms with Gasteiger partial charge in [0.15, 0.2) is 5.16 Å². The van der Waals surface area contributed by atoms with Gasteiger partial charge in [-0.2, -0.15) is 0 Å². The number of aromatic nitrogens is 2. The highest BCUT2D eigenvalue weighted by Crippen LogP contribution is 2.36. The smallest absolute Gasteiger partial charge is 0.399 e. The Morgan fingerprint density at radius 3 is 2.33 bits per heavy atom. The van der Waals surface area contributed by atoms with Crippen LogP contribution in [0.2, 0.25) is 0 Å². The SMILES string of the molecule is CC(=O)N1CC[C@H](Sc2ncc(B3OC(C)(C)C(C)(C)O3)cn2)C1. The molecule has 2 aliphatic rings. The fourth-order valence-corrected chi connectivity index (χ4v) is 3.75. The van der Waals surface area contributed by atoms with Gasteiger partial charge < -0.3 is 14.2 Å². The number of hydrogen-bond donors (Lipinski definition) is 0. The van der Waals surface area contributed by atoms with Crippen LogP contribution in [0.3, 0.4) is 0 Å². The molecule has 2 fully saturated rings. The van der Waals surface area contributed by atoms with Crippen molar-refractivity contribution in [3.05, 3.63) is 12.4 Å². The van der Waals surface area contributed by atoms with E-state index in [1.54, 1.807) is 31.1 Å². The summed E-state index contributed by atoms with van der Waals surface area (Å²) in [6, 6.07) is 0. The third-order valence-electron chi connectivity index (χ3n) is 5.04. The molecule has 0 bridgehead atoms. The molecule has 0 N–H and O–H groups in total. The van der Waals surface area contributed by atoms with Gasteiger partial charge >= 0.3 is 7.12 Å². The Morgan fingerprint density at radius 1 is 1.25 bits per heavy atom. The van der Waals surface area contributed by atoms with Gasteiger partial charge in [0.05, 0.1) is 11.2 Å². The lowest BCUT2D eigenvalue weighted by molar-refractivity contribution is -0.127. The molecule has 3 heterocycles. The van der Waals surface area contributed by atoms with E-state index in [9.17, 15) is 4.79 Å². The van der Waals surface area contributed by atoms with Crippen molar-refractivity contribution in [2.24, 2.45) is 0 Å². The number of likely N-dealkylation sites (tertiary alicyclic amines) is 1. The zero-order valence-electron chi connectivity index (χ0n) is 14.9. The normalized spacial score (nSPS) is 25.3. The lowest BCUT2D eigenvalue weighted by atomic mass is 9.81. The van der Waals surface area contributed by atoms with Gasteiger partial charge in [-0.15, -0.1) is 0 Å². The summed E-state index contributed by atoms with van der Waals surface area (Å²) in [6.07, 6.45) is 4.52. The molecule has 0 spiro atoms. The number of amides is 1. The first-order valence-corrected chi connectivity index (χ1v) is 9.16. The molecule has 1 aromatic heterocycles. The Hall–Kier alpha value is -1.12. The molecule has 1 atom stereocenters. The van der Waals surface area contributed by atoms with Crippen LogP contribution in [-0.2, 0) is 14.1 Å². The minimum Gasteiger partial charge on any atom is -0.399 e. The third-order valence-corrected chi connectivity index (χ3v) is 6.18. The van der Waals surface area contributed by atoms with E-state index in [1.807, 2.05) is 32.6 Å². The average Bonchev–Trinajstić information content (AvgIpc) is 3.03. The highest BCUT2D eigenvalue weighted by molar-refractivity contribution is 7.99. The number of carbonyl (C=O) groups is 1. The molecule has 0 radical (unpaired) electrons. The van der Waals surface area contributed by atoms with Crippen molar-refractivity contribution in [1.29, 1.82) is 0 Å². The Labute approximate surface area is 147 Å². The summed E-state index contributed by atoms with van der Waals surface area (Å²) in [6.45, 7) is 11.3. The molecule has 0 saturated carbocycles. The van der Waals surface area contributed by atoms with Gasteiger partial charge in [0.1, 0.15) is 0 Å². The molecule has 8 heteroatoms. The van der Waals surface area contributed by atoms with Crippen LogP contribution in [0.15, 0.2) is 17.6 Å². The molecule has 2 aliphatic heterocycles. The lowest BCUT2D eigenvalue weighted by Crippen LogP contribution is -2.41. The molecular formula is C16H24BN3O3S. The van der Waals surface area contributed by atoms with Crippen LogP contribution < -0.4 is 5.46 Å². The van der Waals surface area contributed by atoms with E-state index in [0.29, 0.717) is 5.25 Å².